The Morgan fingerprint density at radius 2 is 1.90 bits per heavy atom. The molecule has 2 aromatic rings. The minimum absolute atomic E-state index is 0.677. The van der Waals surface area contributed by atoms with E-state index in [2.05, 4.69) is 55.6 Å². The second kappa shape index (κ2) is 7.24. The number of anilines is 2. The highest BCUT2D eigenvalue weighted by Crippen LogP contribution is 2.15. The maximum absolute atomic E-state index is 4.50. The van der Waals surface area contributed by atoms with Crippen LogP contribution in [0.4, 0.5) is 11.8 Å². The summed E-state index contributed by atoms with van der Waals surface area (Å²) in [7, 11) is 0. The number of halogens is 1. The van der Waals surface area contributed by atoms with E-state index in [0.717, 1.165) is 35.4 Å². The van der Waals surface area contributed by atoms with E-state index in [1.54, 1.807) is 0 Å². The lowest BCUT2D eigenvalue weighted by Gasteiger charge is -2.10. The fourth-order valence-electron chi connectivity index (χ4n) is 1.73. The molecule has 2 rings (SSSR count). The Morgan fingerprint density at radius 1 is 1.15 bits per heavy atom. The van der Waals surface area contributed by atoms with Crippen molar-refractivity contribution in [2.24, 2.45) is 0 Å². The van der Waals surface area contributed by atoms with E-state index in [1.165, 1.54) is 5.56 Å². The van der Waals surface area contributed by atoms with Crippen LogP contribution in [0.3, 0.4) is 0 Å². The van der Waals surface area contributed by atoms with Gasteiger partial charge in [0.25, 0.3) is 0 Å². The van der Waals surface area contributed by atoms with Crippen LogP contribution in [0.25, 0.3) is 0 Å². The molecule has 0 bridgehead atoms. The molecule has 0 fully saturated rings. The summed E-state index contributed by atoms with van der Waals surface area (Å²) in [5, 5.41) is 6.56. The third kappa shape index (κ3) is 4.20. The summed E-state index contributed by atoms with van der Waals surface area (Å²) >= 11 is 3.44. The van der Waals surface area contributed by atoms with Crippen LogP contribution in [0.2, 0.25) is 0 Å². The van der Waals surface area contributed by atoms with Gasteiger partial charge in [0.05, 0.1) is 0 Å². The summed E-state index contributed by atoms with van der Waals surface area (Å²) in [5.74, 6) is 1.55. The molecule has 4 nitrogen and oxygen atoms in total. The first-order chi connectivity index (χ1) is 9.69. The molecule has 0 unspecified atom stereocenters. The highest BCUT2D eigenvalue weighted by Gasteiger charge is 2.03. The number of hydrogen-bond acceptors (Lipinski definition) is 4. The standard InChI is InChI=1S/C15H19BrN4/c1-3-8-17-15-19-9-11(2)14(20-15)18-10-12-4-6-13(16)7-5-12/h4-7,9H,3,8,10H2,1-2H3,(H2,17,18,19,20). The second-order valence-corrected chi connectivity index (χ2v) is 5.55. The summed E-state index contributed by atoms with van der Waals surface area (Å²) in [5.41, 5.74) is 2.26. The smallest absolute Gasteiger partial charge is 0.224 e. The molecule has 0 aliphatic rings. The lowest BCUT2D eigenvalue weighted by molar-refractivity contribution is 0.947. The molecule has 106 valence electrons. The summed E-state index contributed by atoms with van der Waals surface area (Å²) in [6, 6.07) is 8.25. The molecule has 1 aromatic carbocycles. The first-order valence-electron chi connectivity index (χ1n) is 6.75. The van der Waals surface area contributed by atoms with Crippen molar-refractivity contribution in [2.75, 3.05) is 17.2 Å². The van der Waals surface area contributed by atoms with Gasteiger partial charge in [0.15, 0.2) is 0 Å². The minimum Gasteiger partial charge on any atom is -0.366 e. The summed E-state index contributed by atoms with van der Waals surface area (Å²) in [6.45, 7) is 5.76. The predicted octanol–water partition coefficient (Wildman–Crippen LogP) is 3.98. The Bertz CT molecular complexity index is 554. The molecule has 5 heteroatoms. The molecule has 2 N–H and O–H groups in total. The molecule has 1 heterocycles. The third-order valence-electron chi connectivity index (χ3n) is 2.88. The monoisotopic (exact) mass is 334 g/mol. The van der Waals surface area contributed by atoms with Gasteiger partial charge in [-0.2, -0.15) is 4.98 Å². The average Bonchev–Trinajstić information content (AvgIpc) is 2.46. The van der Waals surface area contributed by atoms with Crippen LogP contribution >= 0.6 is 15.9 Å². The van der Waals surface area contributed by atoms with Gasteiger partial charge in [-0.1, -0.05) is 35.0 Å². The molecule has 20 heavy (non-hydrogen) atoms. The van der Waals surface area contributed by atoms with Crippen molar-refractivity contribution >= 4 is 27.7 Å². The third-order valence-corrected chi connectivity index (χ3v) is 3.41. The van der Waals surface area contributed by atoms with Gasteiger partial charge < -0.3 is 10.6 Å². The maximum atomic E-state index is 4.50. The summed E-state index contributed by atoms with van der Waals surface area (Å²) in [4.78, 5) is 8.77. The number of nitrogens with zero attached hydrogens (tertiary/aromatic N) is 2. The van der Waals surface area contributed by atoms with Gasteiger partial charge in [0.1, 0.15) is 5.82 Å². The zero-order chi connectivity index (χ0) is 14.4. The maximum Gasteiger partial charge on any atom is 0.224 e. The van der Waals surface area contributed by atoms with Crippen molar-refractivity contribution in [2.45, 2.75) is 26.8 Å². The van der Waals surface area contributed by atoms with Gasteiger partial charge in [0, 0.05) is 29.3 Å². The summed E-state index contributed by atoms with van der Waals surface area (Å²) in [6.07, 6.45) is 2.90. The fourth-order valence-corrected chi connectivity index (χ4v) is 2.00. The molecule has 1 aromatic heterocycles. The lowest BCUT2D eigenvalue weighted by atomic mass is 10.2. The predicted molar refractivity (Wildman–Crippen MR) is 87.0 cm³/mol. The molecule has 0 saturated heterocycles. The number of hydrogen-bond donors (Lipinski definition) is 2. The largest absolute Gasteiger partial charge is 0.366 e. The number of nitrogens with one attached hydrogen (secondary N) is 2. The average molecular weight is 335 g/mol. The Morgan fingerprint density at radius 3 is 2.60 bits per heavy atom. The Labute approximate surface area is 128 Å². The van der Waals surface area contributed by atoms with Crippen LogP contribution in [0.1, 0.15) is 24.5 Å². The molecule has 0 aliphatic carbocycles. The Kier molecular flexibility index (Phi) is 5.35. The van der Waals surface area contributed by atoms with E-state index in [-0.39, 0.29) is 0 Å². The normalized spacial score (nSPS) is 10.3. The van der Waals surface area contributed by atoms with Crippen molar-refractivity contribution in [3.8, 4) is 0 Å². The van der Waals surface area contributed by atoms with Gasteiger partial charge in [-0.15, -0.1) is 0 Å². The SMILES string of the molecule is CCCNc1ncc(C)c(NCc2ccc(Br)cc2)n1. The quantitative estimate of drug-likeness (QED) is 0.838. The van der Waals surface area contributed by atoms with Crippen molar-refractivity contribution in [3.05, 3.63) is 46.1 Å². The van der Waals surface area contributed by atoms with Gasteiger partial charge in [-0.25, -0.2) is 4.98 Å². The lowest BCUT2D eigenvalue weighted by Crippen LogP contribution is -2.08. The minimum atomic E-state index is 0.677. The van der Waals surface area contributed by atoms with Crippen molar-refractivity contribution < 1.29 is 0 Å². The molecule has 0 aliphatic heterocycles. The molecule has 0 amide bonds. The highest BCUT2D eigenvalue weighted by atomic mass is 79.9. The fraction of sp³-hybridized carbons (Fsp3) is 0.333. The van der Waals surface area contributed by atoms with Crippen LogP contribution in [0.5, 0.6) is 0 Å². The Hall–Kier alpha value is -1.62. The molecular weight excluding hydrogens is 316 g/mol. The molecule has 0 saturated carbocycles. The van der Waals surface area contributed by atoms with Crippen LogP contribution in [-0.4, -0.2) is 16.5 Å². The van der Waals surface area contributed by atoms with Crippen LogP contribution in [-0.2, 0) is 6.54 Å². The zero-order valence-electron chi connectivity index (χ0n) is 11.8. The number of aromatic nitrogens is 2. The van der Waals surface area contributed by atoms with Crippen molar-refractivity contribution in [1.82, 2.24) is 9.97 Å². The van der Waals surface area contributed by atoms with Gasteiger partial charge in [-0.3, -0.25) is 0 Å². The zero-order valence-corrected chi connectivity index (χ0v) is 13.4. The van der Waals surface area contributed by atoms with Crippen LogP contribution in [0.15, 0.2) is 34.9 Å². The number of rotatable bonds is 6. The topological polar surface area (TPSA) is 49.8 Å². The first kappa shape index (κ1) is 14.8. The van der Waals surface area contributed by atoms with E-state index >= 15 is 0 Å². The van der Waals surface area contributed by atoms with Crippen LogP contribution < -0.4 is 10.6 Å². The first-order valence-corrected chi connectivity index (χ1v) is 7.54. The van der Waals surface area contributed by atoms with Crippen LogP contribution in [0, 0.1) is 6.92 Å². The number of benzene rings is 1. The van der Waals surface area contributed by atoms with Crippen molar-refractivity contribution in [3.63, 3.8) is 0 Å². The van der Waals surface area contributed by atoms with E-state index < -0.39 is 0 Å². The molecule has 0 spiro atoms. The van der Waals surface area contributed by atoms with Gasteiger partial charge >= 0.3 is 0 Å². The second-order valence-electron chi connectivity index (χ2n) is 4.63. The van der Waals surface area contributed by atoms with E-state index in [1.807, 2.05) is 25.3 Å². The van der Waals surface area contributed by atoms with E-state index in [9.17, 15) is 0 Å². The Balaban J connectivity index is 2.02. The molecular formula is C15H19BrN4. The molecule has 0 atom stereocenters. The van der Waals surface area contributed by atoms with E-state index in [4.69, 9.17) is 0 Å². The van der Waals surface area contributed by atoms with Crippen molar-refractivity contribution in [1.29, 1.82) is 0 Å². The summed E-state index contributed by atoms with van der Waals surface area (Å²) < 4.78 is 1.09. The van der Waals surface area contributed by atoms with Gasteiger partial charge in [-0.05, 0) is 31.0 Å². The van der Waals surface area contributed by atoms with E-state index in [0.29, 0.717) is 5.95 Å². The number of aryl methyl sites for hydroxylation is 1. The highest BCUT2D eigenvalue weighted by molar-refractivity contribution is 9.10. The molecule has 0 radical (unpaired) electrons. The van der Waals surface area contributed by atoms with Gasteiger partial charge in [0.2, 0.25) is 5.95 Å².